The van der Waals surface area contributed by atoms with Crippen molar-refractivity contribution < 1.29 is 9.53 Å². The van der Waals surface area contributed by atoms with Gasteiger partial charge in [0.05, 0.1) is 28.4 Å². The van der Waals surface area contributed by atoms with Crippen LogP contribution in [0.5, 0.6) is 0 Å². The number of aromatic nitrogens is 4. The van der Waals surface area contributed by atoms with Crippen LogP contribution in [-0.4, -0.2) is 37.0 Å². The van der Waals surface area contributed by atoms with Gasteiger partial charge in [-0.2, -0.15) is 0 Å². The number of benzene rings is 2. The monoisotopic (exact) mass is 408 g/mol. The summed E-state index contributed by atoms with van der Waals surface area (Å²) in [6, 6.07) is 15.0. The first-order chi connectivity index (χ1) is 14.0. The van der Waals surface area contributed by atoms with Gasteiger partial charge in [-0.25, -0.2) is 4.57 Å². The minimum Gasteiger partial charge on any atom is -0.462 e. The molecule has 0 aliphatic heterocycles. The van der Waals surface area contributed by atoms with Gasteiger partial charge in [-0.15, -0.1) is 10.2 Å². The first kappa shape index (κ1) is 19.2. The molecule has 0 saturated carbocycles. The van der Waals surface area contributed by atoms with Crippen molar-refractivity contribution in [1.82, 2.24) is 19.2 Å². The predicted molar refractivity (Wildman–Crippen MR) is 113 cm³/mol. The van der Waals surface area contributed by atoms with E-state index < -0.39 is 0 Å². The average Bonchev–Trinajstić information content (AvgIpc) is 3.11. The van der Waals surface area contributed by atoms with Crippen LogP contribution in [0.25, 0.3) is 22.4 Å². The molecule has 0 aliphatic carbocycles. The summed E-state index contributed by atoms with van der Waals surface area (Å²) in [5.41, 5.74) is 2.33. The Morgan fingerprint density at radius 3 is 2.55 bits per heavy atom. The fourth-order valence-electron chi connectivity index (χ4n) is 3.12. The van der Waals surface area contributed by atoms with Crippen molar-refractivity contribution in [2.75, 3.05) is 5.75 Å². The molecular formula is C21H20N4O3S. The zero-order valence-electron chi connectivity index (χ0n) is 16.3. The van der Waals surface area contributed by atoms with Crippen molar-refractivity contribution in [2.24, 2.45) is 0 Å². The molecule has 0 radical (unpaired) electrons. The Balaban J connectivity index is 1.89. The number of carbonyl (C=O) groups excluding carboxylic acids is 1. The van der Waals surface area contributed by atoms with Gasteiger partial charge in [-0.3, -0.25) is 14.0 Å². The third-order valence-electron chi connectivity index (χ3n) is 4.37. The molecule has 2 aromatic carbocycles. The van der Waals surface area contributed by atoms with Crippen LogP contribution in [0.2, 0.25) is 0 Å². The summed E-state index contributed by atoms with van der Waals surface area (Å²) in [7, 11) is 0. The highest BCUT2D eigenvalue weighted by Gasteiger charge is 2.19. The Kier molecular flexibility index (Phi) is 5.10. The number of esters is 1. The smallest absolute Gasteiger partial charge is 0.316 e. The van der Waals surface area contributed by atoms with Gasteiger partial charge in [0.15, 0.2) is 5.16 Å². The number of rotatable bonds is 5. The Labute approximate surface area is 171 Å². The number of fused-ring (bicyclic) bond motifs is 3. The van der Waals surface area contributed by atoms with Crippen LogP contribution < -0.4 is 5.56 Å². The minimum atomic E-state index is -0.321. The van der Waals surface area contributed by atoms with Gasteiger partial charge in [0.2, 0.25) is 5.78 Å². The summed E-state index contributed by atoms with van der Waals surface area (Å²) in [5, 5.41) is 9.59. The normalized spacial score (nSPS) is 11.4. The SMILES string of the molecule is Cc1ccc(-n2c(=O)c3ccccc3n3c(SCC(=O)OC(C)C)nnc23)cc1. The van der Waals surface area contributed by atoms with Crippen LogP contribution >= 0.6 is 11.8 Å². The standard InChI is InChI=1S/C21H20N4O3S/c1-13(2)28-18(26)12-29-21-23-22-20-24(15-10-8-14(3)9-11-15)19(27)16-6-4-5-7-17(16)25(20)21/h4-11,13H,12H2,1-3H3. The molecule has 0 atom stereocenters. The number of ether oxygens (including phenoxy) is 1. The molecule has 7 nitrogen and oxygen atoms in total. The highest BCUT2D eigenvalue weighted by atomic mass is 32.2. The van der Waals surface area contributed by atoms with Gasteiger partial charge in [-0.1, -0.05) is 41.6 Å². The molecule has 0 spiro atoms. The second kappa shape index (κ2) is 7.71. The first-order valence-electron chi connectivity index (χ1n) is 9.24. The number of aryl methyl sites for hydroxylation is 1. The molecule has 4 aromatic rings. The van der Waals surface area contributed by atoms with E-state index in [2.05, 4.69) is 10.2 Å². The molecular weight excluding hydrogens is 388 g/mol. The largest absolute Gasteiger partial charge is 0.462 e. The molecule has 0 saturated heterocycles. The maximum atomic E-state index is 13.2. The molecule has 0 aliphatic rings. The molecule has 29 heavy (non-hydrogen) atoms. The maximum absolute atomic E-state index is 13.2. The molecule has 0 amide bonds. The van der Waals surface area contributed by atoms with Crippen LogP contribution in [0.3, 0.4) is 0 Å². The van der Waals surface area contributed by atoms with E-state index in [0.717, 1.165) is 5.56 Å². The second-order valence-electron chi connectivity index (χ2n) is 6.94. The zero-order chi connectivity index (χ0) is 20.5. The van der Waals surface area contributed by atoms with Crippen molar-refractivity contribution in [2.45, 2.75) is 32.0 Å². The van der Waals surface area contributed by atoms with Crippen LogP contribution in [0.1, 0.15) is 19.4 Å². The number of thioether (sulfide) groups is 1. The predicted octanol–water partition coefficient (Wildman–Crippen LogP) is 3.39. The Morgan fingerprint density at radius 1 is 1.10 bits per heavy atom. The quantitative estimate of drug-likeness (QED) is 0.372. The fraction of sp³-hybridized carbons (Fsp3) is 0.238. The number of carbonyl (C=O) groups is 1. The lowest BCUT2D eigenvalue weighted by atomic mass is 10.2. The van der Waals surface area contributed by atoms with Crippen molar-refractivity contribution in [3.05, 3.63) is 64.4 Å². The zero-order valence-corrected chi connectivity index (χ0v) is 17.1. The first-order valence-corrected chi connectivity index (χ1v) is 10.2. The van der Waals surface area contributed by atoms with Crippen LogP contribution in [0.15, 0.2) is 58.5 Å². The van der Waals surface area contributed by atoms with Gasteiger partial charge in [0.1, 0.15) is 0 Å². The lowest BCUT2D eigenvalue weighted by Crippen LogP contribution is -2.22. The van der Waals surface area contributed by atoms with E-state index in [-0.39, 0.29) is 23.4 Å². The summed E-state index contributed by atoms with van der Waals surface area (Å²) in [4.78, 5) is 25.2. The van der Waals surface area contributed by atoms with Crippen molar-refractivity contribution in [3.8, 4) is 5.69 Å². The van der Waals surface area contributed by atoms with E-state index in [9.17, 15) is 9.59 Å². The fourth-order valence-corrected chi connectivity index (χ4v) is 3.84. The van der Waals surface area contributed by atoms with Gasteiger partial charge in [0.25, 0.3) is 5.56 Å². The van der Waals surface area contributed by atoms with E-state index in [1.165, 1.54) is 11.8 Å². The molecule has 4 rings (SSSR count). The molecule has 2 aromatic heterocycles. The van der Waals surface area contributed by atoms with Crippen molar-refractivity contribution in [3.63, 3.8) is 0 Å². The Bertz CT molecular complexity index is 1260. The summed E-state index contributed by atoms with van der Waals surface area (Å²) < 4.78 is 8.56. The van der Waals surface area contributed by atoms with Gasteiger partial charge in [-0.05, 0) is 45.0 Å². The van der Waals surface area contributed by atoms with E-state index >= 15 is 0 Å². The lowest BCUT2D eigenvalue weighted by molar-refractivity contribution is -0.144. The Morgan fingerprint density at radius 2 is 1.83 bits per heavy atom. The van der Waals surface area contributed by atoms with Crippen LogP contribution in [0, 0.1) is 6.92 Å². The van der Waals surface area contributed by atoms with Crippen LogP contribution in [-0.2, 0) is 9.53 Å². The molecule has 148 valence electrons. The average molecular weight is 408 g/mol. The number of hydrogen-bond donors (Lipinski definition) is 0. The number of nitrogens with zero attached hydrogens (tertiary/aromatic N) is 4. The van der Waals surface area contributed by atoms with E-state index in [0.29, 0.717) is 27.5 Å². The third kappa shape index (κ3) is 3.63. The highest BCUT2D eigenvalue weighted by molar-refractivity contribution is 7.99. The molecule has 0 unspecified atom stereocenters. The summed E-state index contributed by atoms with van der Waals surface area (Å²) in [6.07, 6.45) is -0.175. The summed E-state index contributed by atoms with van der Waals surface area (Å²) in [6.45, 7) is 5.61. The Hall–Kier alpha value is -3.13. The molecule has 0 bridgehead atoms. The highest BCUT2D eigenvalue weighted by Crippen LogP contribution is 2.23. The molecule has 2 heterocycles. The van der Waals surface area contributed by atoms with Crippen molar-refractivity contribution in [1.29, 1.82) is 0 Å². The second-order valence-corrected chi connectivity index (χ2v) is 7.88. The lowest BCUT2D eigenvalue weighted by Gasteiger charge is -2.11. The van der Waals surface area contributed by atoms with E-state index in [4.69, 9.17) is 4.74 Å². The molecule has 0 N–H and O–H groups in total. The number of para-hydroxylation sites is 1. The van der Waals surface area contributed by atoms with Crippen LogP contribution in [0.4, 0.5) is 0 Å². The summed E-state index contributed by atoms with van der Waals surface area (Å²) in [5.74, 6) is 0.187. The van der Waals surface area contributed by atoms with E-state index in [1.807, 2.05) is 67.6 Å². The van der Waals surface area contributed by atoms with Gasteiger partial charge < -0.3 is 4.74 Å². The minimum absolute atomic E-state index is 0.108. The van der Waals surface area contributed by atoms with E-state index in [1.54, 1.807) is 10.6 Å². The number of hydrogen-bond acceptors (Lipinski definition) is 6. The molecule has 0 fully saturated rings. The third-order valence-corrected chi connectivity index (χ3v) is 5.28. The summed E-state index contributed by atoms with van der Waals surface area (Å²) >= 11 is 1.23. The molecule has 8 heteroatoms. The topological polar surface area (TPSA) is 78.5 Å². The van der Waals surface area contributed by atoms with Gasteiger partial charge >= 0.3 is 5.97 Å². The van der Waals surface area contributed by atoms with Gasteiger partial charge in [0, 0.05) is 0 Å². The maximum Gasteiger partial charge on any atom is 0.316 e. The van der Waals surface area contributed by atoms with Crippen molar-refractivity contribution >= 4 is 34.4 Å².